The summed E-state index contributed by atoms with van der Waals surface area (Å²) in [6, 6.07) is 6.60. The summed E-state index contributed by atoms with van der Waals surface area (Å²) < 4.78 is 0. The Morgan fingerprint density at radius 2 is 2.08 bits per heavy atom. The van der Waals surface area contributed by atoms with Gasteiger partial charge in [0, 0.05) is 18.3 Å². The van der Waals surface area contributed by atoms with Gasteiger partial charge in [0.2, 0.25) is 0 Å². The Bertz CT molecular complexity index is 392. The average Bonchev–Trinajstić information content (AvgIpc) is 2.39. The van der Waals surface area contributed by atoms with E-state index in [1.165, 1.54) is 16.7 Å². The quantitative estimate of drug-likeness (QED) is 0.586. The molecule has 2 aliphatic rings. The summed E-state index contributed by atoms with van der Waals surface area (Å²) in [5.41, 5.74) is 4.17. The molecule has 66 valence electrons. The van der Waals surface area contributed by atoms with Gasteiger partial charge < -0.3 is 0 Å². The minimum absolute atomic E-state index is 0.344. The molecule has 0 saturated heterocycles. The molecule has 3 rings (SSSR count). The molecule has 2 atom stereocenters. The van der Waals surface area contributed by atoms with Gasteiger partial charge >= 0.3 is 0 Å². The van der Waals surface area contributed by atoms with E-state index in [1.807, 2.05) is 0 Å². The first kappa shape index (κ1) is 7.31. The van der Waals surface area contributed by atoms with Gasteiger partial charge in [-0.15, -0.1) is 0 Å². The van der Waals surface area contributed by atoms with E-state index in [1.54, 1.807) is 0 Å². The lowest BCUT2D eigenvalue weighted by Gasteiger charge is -2.28. The molecule has 0 radical (unpaired) electrons. The van der Waals surface area contributed by atoms with Crippen molar-refractivity contribution in [1.82, 2.24) is 0 Å². The molecule has 0 amide bonds. The molecule has 0 unspecified atom stereocenters. The lowest BCUT2D eigenvalue weighted by molar-refractivity contribution is -0.130. The number of hydrogen-bond acceptors (Lipinski definition) is 1. The van der Waals surface area contributed by atoms with Gasteiger partial charge in [0.25, 0.3) is 0 Å². The summed E-state index contributed by atoms with van der Waals surface area (Å²) in [6.45, 7) is 2.11. The van der Waals surface area contributed by atoms with Crippen LogP contribution >= 0.6 is 0 Å². The van der Waals surface area contributed by atoms with Gasteiger partial charge in [0.05, 0.1) is 0 Å². The molecular formula is C12H12O. The SMILES string of the molecule is Cc1ccc2c(c1)C[C@@H]1C(=O)C[C@H]21. The van der Waals surface area contributed by atoms with Crippen LogP contribution < -0.4 is 0 Å². The highest BCUT2D eigenvalue weighted by atomic mass is 16.1. The first-order valence-electron chi connectivity index (χ1n) is 4.88. The molecule has 1 heteroatoms. The zero-order valence-electron chi connectivity index (χ0n) is 7.71. The highest BCUT2D eigenvalue weighted by Crippen LogP contribution is 2.48. The molecule has 1 aromatic rings. The number of benzene rings is 1. The van der Waals surface area contributed by atoms with Gasteiger partial charge in [-0.3, -0.25) is 4.79 Å². The summed E-state index contributed by atoms with van der Waals surface area (Å²) in [7, 11) is 0. The number of aryl methyl sites for hydroxylation is 1. The normalized spacial score (nSPS) is 29.5. The number of ketones is 1. The van der Waals surface area contributed by atoms with Crippen molar-refractivity contribution >= 4 is 5.78 Å². The van der Waals surface area contributed by atoms with Gasteiger partial charge in [0.1, 0.15) is 5.78 Å². The summed E-state index contributed by atoms with van der Waals surface area (Å²) >= 11 is 0. The Labute approximate surface area is 77.8 Å². The first-order chi connectivity index (χ1) is 6.25. The minimum Gasteiger partial charge on any atom is -0.299 e. The van der Waals surface area contributed by atoms with Crippen molar-refractivity contribution in [2.24, 2.45) is 5.92 Å². The van der Waals surface area contributed by atoms with E-state index < -0.39 is 0 Å². The predicted molar refractivity (Wildman–Crippen MR) is 50.7 cm³/mol. The van der Waals surface area contributed by atoms with Crippen LogP contribution in [0.5, 0.6) is 0 Å². The lowest BCUT2D eigenvalue weighted by Crippen LogP contribution is -2.31. The molecule has 0 aromatic heterocycles. The van der Waals surface area contributed by atoms with Crippen molar-refractivity contribution in [2.45, 2.75) is 25.7 Å². The maximum Gasteiger partial charge on any atom is 0.137 e. The highest BCUT2D eigenvalue weighted by molar-refractivity contribution is 5.91. The van der Waals surface area contributed by atoms with Gasteiger partial charge in [-0.1, -0.05) is 23.8 Å². The summed E-state index contributed by atoms with van der Waals surface area (Å²) in [5.74, 6) is 1.39. The van der Waals surface area contributed by atoms with Crippen molar-refractivity contribution in [3.63, 3.8) is 0 Å². The van der Waals surface area contributed by atoms with Crippen molar-refractivity contribution < 1.29 is 4.79 Å². The zero-order chi connectivity index (χ0) is 9.00. The Morgan fingerprint density at radius 3 is 2.85 bits per heavy atom. The molecule has 1 saturated carbocycles. The van der Waals surface area contributed by atoms with Crippen LogP contribution in [0.3, 0.4) is 0 Å². The summed E-state index contributed by atoms with van der Waals surface area (Å²) in [6.07, 6.45) is 1.79. The molecule has 0 bridgehead atoms. The van der Waals surface area contributed by atoms with Crippen LogP contribution in [0.2, 0.25) is 0 Å². The predicted octanol–water partition coefficient (Wildman–Crippen LogP) is 2.22. The molecule has 2 aliphatic carbocycles. The molecule has 0 spiro atoms. The van der Waals surface area contributed by atoms with Crippen LogP contribution in [-0.4, -0.2) is 5.78 Å². The zero-order valence-corrected chi connectivity index (χ0v) is 7.71. The van der Waals surface area contributed by atoms with Crippen LogP contribution in [0, 0.1) is 12.8 Å². The van der Waals surface area contributed by atoms with E-state index in [9.17, 15) is 4.79 Å². The second kappa shape index (κ2) is 2.22. The number of hydrogen-bond donors (Lipinski definition) is 0. The largest absolute Gasteiger partial charge is 0.299 e. The fraction of sp³-hybridized carbons (Fsp3) is 0.417. The van der Waals surface area contributed by atoms with E-state index >= 15 is 0 Å². The fourth-order valence-corrected chi connectivity index (χ4v) is 2.67. The third kappa shape index (κ3) is 0.846. The number of Topliss-reactive ketones (excluding diaryl/α,β-unsaturated/α-hetero) is 1. The van der Waals surface area contributed by atoms with Gasteiger partial charge in [-0.05, 0) is 24.5 Å². The maximum atomic E-state index is 11.3. The van der Waals surface area contributed by atoms with Crippen LogP contribution in [-0.2, 0) is 11.2 Å². The Morgan fingerprint density at radius 1 is 1.23 bits per heavy atom. The molecule has 0 N–H and O–H groups in total. The maximum absolute atomic E-state index is 11.3. The van der Waals surface area contributed by atoms with Crippen molar-refractivity contribution in [3.05, 3.63) is 34.9 Å². The second-order valence-electron chi connectivity index (χ2n) is 4.29. The first-order valence-corrected chi connectivity index (χ1v) is 4.88. The van der Waals surface area contributed by atoms with Crippen molar-refractivity contribution in [3.8, 4) is 0 Å². The van der Waals surface area contributed by atoms with E-state index in [2.05, 4.69) is 25.1 Å². The molecule has 13 heavy (non-hydrogen) atoms. The lowest BCUT2D eigenvalue weighted by atomic mass is 9.73. The second-order valence-corrected chi connectivity index (χ2v) is 4.29. The average molecular weight is 172 g/mol. The van der Waals surface area contributed by atoms with Gasteiger partial charge in [0.15, 0.2) is 0 Å². The Balaban J connectivity index is 2.09. The van der Waals surface area contributed by atoms with Crippen LogP contribution in [0.15, 0.2) is 18.2 Å². The van der Waals surface area contributed by atoms with Crippen molar-refractivity contribution in [1.29, 1.82) is 0 Å². The molecule has 0 aliphatic heterocycles. The summed E-state index contributed by atoms with van der Waals surface area (Å²) in [4.78, 5) is 11.3. The molecular weight excluding hydrogens is 160 g/mol. The van der Waals surface area contributed by atoms with E-state index in [4.69, 9.17) is 0 Å². The standard InChI is InChI=1S/C12H12O/c1-7-2-3-9-8(4-7)5-11-10(9)6-12(11)13/h2-4,10-11H,5-6H2,1H3/t10-,11+/m1/s1. The molecule has 1 aromatic carbocycles. The van der Waals surface area contributed by atoms with Crippen LogP contribution in [0.1, 0.15) is 29.0 Å². The number of fused-ring (bicyclic) bond motifs is 3. The highest BCUT2D eigenvalue weighted by Gasteiger charge is 2.45. The van der Waals surface area contributed by atoms with Crippen LogP contribution in [0.4, 0.5) is 0 Å². The monoisotopic (exact) mass is 172 g/mol. The Kier molecular flexibility index (Phi) is 1.25. The number of carbonyl (C=O) groups is 1. The molecule has 0 heterocycles. The molecule has 1 nitrogen and oxygen atoms in total. The molecule has 1 fully saturated rings. The van der Waals surface area contributed by atoms with Gasteiger partial charge in [-0.2, -0.15) is 0 Å². The van der Waals surface area contributed by atoms with E-state index in [0.29, 0.717) is 17.6 Å². The third-order valence-corrected chi connectivity index (χ3v) is 3.46. The summed E-state index contributed by atoms with van der Waals surface area (Å²) in [5, 5.41) is 0. The van der Waals surface area contributed by atoms with E-state index in [-0.39, 0.29) is 0 Å². The van der Waals surface area contributed by atoms with Crippen molar-refractivity contribution in [2.75, 3.05) is 0 Å². The number of rotatable bonds is 0. The topological polar surface area (TPSA) is 17.1 Å². The fourth-order valence-electron chi connectivity index (χ4n) is 2.67. The Hall–Kier alpha value is -1.11. The van der Waals surface area contributed by atoms with Gasteiger partial charge in [-0.25, -0.2) is 0 Å². The van der Waals surface area contributed by atoms with E-state index in [0.717, 1.165) is 12.8 Å². The third-order valence-electron chi connectivity index (χ3n) is 3.46. The smallest absolute Gasteiger partial charge is 0.137 e. The van der Waals surface area contributed by atoms with Crippen LogP contribution in [0.25, 0.3) is 0 Å². The number of carbonyl (C=O) groups excluding carboxylic acids is 1. The minimum atomic E-state index is 0.344.